The lowest BCUT2D eigenvalue weighted by molar-refractivity contribution is -0.135. The summed E-state index contributed by atoms with van der Waals surface area (Å²) in [7, 11) is 0. The van der Waals surface area contributed by atoms with Crippen molar-refractivity contribution in [3.05, 3.63) is 33.5 Å². The third kappa shape index (κ3) is 3.27. The molecule has 1 saturated carbocycles. The molecule has 0 atom stereocenters. The van der Waals surface area contributed by atoms with Crippen LogP contribution in [0.2, 0.25) is 0 Å². The Morgan fingerprint density at radius 3 is 2.67 bits per heavy atom. The molecule has 7 nitrogen and oxygen atoms in total. The molecule has 0 unspecified atom stereocenters. The van der Waals surface area contributed by atoms with Gasteiger partial charge in [0.2, 0.25) is 0 Å². The zero-order valence-electron chi connectivity index (χ0n) is 15.9. The zero-order valence-corrected chi connectivity index (χ0v) is 16.8. The van der Waals surface area contributed by atoms with Crippen LogP contribution in [0.4, 0.5) is 5.00 Å². The third-order valence-electron chi connectivity index (χ3n) is 5.01. The van der Waals surface area contributed by atoms with Gasteiger partial charge in [0.05, 0.1) is 16.8 Å². The van der Waals surface area contributed by atoms with Gasteiger partial charge < -0.3 is 15.8 Å². The van der Waals surface area contributed by atoms with Crippen LogP contribution >= 0.6 is 11.3 Å². The number of anilines is 1. The number of H-pyrrole nitrogens is 1. The smallest absolute Gasteiger partial charge is 0.276 e. The Balaban J connectivity index is 1.69. The molecule has 0 aromatic carbocycles. The second-order valence-corrected chi connectivity index (χ2v) is 9.48. The number of thiophene rings is 1. The number of nitrogens with one attached hydrogen (secondary N) is 2. The summed E-state index contributed by atoms with van der Waals surface area (Å²) in [5.41, 5.74) is 7.23. The standard InChI is InChI=1S/C19H24N4O3S/c1-18(2)8-10-13(15(20)24)17(27-14(10)19(3,4)26-18)21-16(25)12-7-11(22-23-12)9-5-6-9/h7,9H,5-6,8H2,1-4H3,(H2,20,24)(H,21,25)(H,22,23). The summed E-state index contributed by atoms with van der Waals surface area (Å²) in [5.74, 6) is -0.413. The maximum absolute atomic E-state index is 12.7. The average molecular weight is 388 g/mol. The second-order valence-electron chi connectivity index (χ2n) is 8.46. The first kappa shape index (κ1) is 18.2. The Labute approximate surface area is 161 Å². The predicted molar refractivity (Wildman–Crippen MR) is 103 cm³/mol. The molecule has 1 aliphatic heterocycles. The molecule has 2 aromatic heterocycles. The molecule has 4 N–H and O–H groups in total. The van der Waals surface area contributed by atoms with E-state index in [0.717, 1.165) is 29.0 Å². The largest absolute Gasteiger partial charge is 0.365 e. The highest BCUT2D eigenvalue weighted by Crippen LogP contribution is 2.48. The SMILES string of the molecule is CC1(C)Cc2c(sc(NC(=O)c3cc(C4CC4)[nH]n3)c2C(N)=O)C(C)(C)O1. The lowest BCUT2D eigenvalue weighted by Gasteiger charge is -2.41. The van der Waals surface area contributed by atoms with Gasteiger partial charge in [-0.25, -0.2) is 0 Å². The first-order chi connectivity index (χ1) is 12.6. The molecule has 144 valence electrons. The van der Waals surface area contributed by atoms with Gasteiger partial charge in [-0.05, 0) is 52.2 Å². The Bertz CT molecular complexity index is 937. The highest BCUT2D eigenvalue weighted by molar-refractivity contribution is 7.17. The molecule has 8 heteroatoms. The zero-order chi connectivity index (χ0) is 19.6. The molecule has 4 rings (SSSR count). The van der Waals surface area contributed by atoms with Gasteiger partial charge in [-0.15, -0.1) is 11.3 Å². The number of aromatic amines is 1. The maximum Gasteiger partial charge on any atom is 0.276 e. The number of ether oxygens (including phenoxy) is 1. The van der Waals surface area contributed by atoms with E-state index in [1.54, 1.807) is 6.07 Å². The van der Waals surface area contributed by atoms with E-state index in [-0.39, 0.29) is 5.91 Å². The minimum atomic E-state index is -0.569. The van der Waals surface area contributed by atoms with E-state index in [0.29, 0.717) is 28.6 Å². The number of carbonyl (C=O) groups excluding carboxylic acids is 2. The number of nitrogens with zero attached hydrogens (tertiary/aromatic N) is 1. The van der Waals surface area contributed by atoms with Crippen LogP contribution in [-0.4, -0.2) is 27.6 Å². The molecule has 2 aliphatic rings. The summed E-state index contributed by atoms with van der Waals surface area (Å²) in [6.45, 7) is 7.91. The number of hydrogen-bond donors (Lipinski definition) is 3. The predicted octanol–water partition coefficient (Wildman–Crippen LogP) is 3.29. The van der Waals surface area contributed by atoms with Crippen molar-refractivity contribution in [2.45, 2.75) is 64.1 Å². The summed E-state index contributed by atoms with van der Waals surface area (Å²) < 4.78 is 6.19. The number of primary amides is 1. The first-order valence-corrected chi connectivity index (χ1v) is 9.92. The third-order valence-corrected chi connectivity index (χ3v) is 6.46. The number of fused-ring (bicyclic) bond motifs is 1. The lowest BCUT2D eigenvalue weighted by atomic mass is 9.86. The fourth-order valence-corrected chi connectivity index (χ4v) is 5.15. The first-order valence-electron chi connectivity index (χ1n) is 9.10. The van der Waals surface area contributed by atoms with Crippen molar-refractivity contribution in [1.29, 1.82) is 0 Å². The van der Waals surface area contributed by atoms with Crippen LogP contribution < -0.4 is 11.1 Å². The molecule has 1 aliphatic carbocycles. The van der Waals surface area contributed by atoms with E-state index in [4.69, 9.17) is 10.5 Å². The number of nitrogens with two attached hydrogens (primary N) is 1. The maximum atomic E-state index is 12.7. The van der Waals surface area contributed by atoms with Gasteiger partial charge in [-0.2, -0.15) is 5.10 Å². The summed E-state index contributed by atoms with van der Waals surface area (Å²) in [5, 5.41) is 10.3. The average Bonchev–Trinajstić information content (AvgIpc) is 3.13. The van der Waals surface area contributed by atoms with Crippen molar-refractivity contribution in [3.63, 3.8) is 0 Å². The Hall–Kier alpha value is -2.19. The number of aromatic nitrogens is 2. The van der Waals surface area contributed by atoms with E-state index in [9.17, 15) is 9.59 Å². The van der Waals surface area contributed by atoms with Gasteiger partial charge in [0.15, 0.2) is 5.69 Å². The fourth-order valence-electron chi connectivity index (χ4n) is 3.89. The van der Waals surface area contributed by atoms with Gasteiger partial charge >= 0.3 is 0 Å². The number of rotatable bonds is 4. The lowest BCUT2D eigenvalue weighted by Crippen LogP contribution is -2.42. The van der Waals surface area contributed by atoms with E-state index in [1.165, 1.54) is 11.3 Å². The van der Waals surface area contributed by atoms with Gasteiger partial charge in [0, 0.05) is 22.9 Å². The van der Waals surface area contributed by atoms with E-state index in [1.807, 2.05) is 27.7 Å². The van der Waals surface area contributed by atoms with Gasteiger partial charge in [0.1, 0.15) is 5.00 Å². The number of carbonyl (C=O) groups is 2. The van der Waals surface area contributed by atoms with Crippen molar-refractivity contribution in [1.82, 2.24) is 10.2 Å². The van der Waals surface area contributed by atoms with Crippen molar-refractivity contribution in [3.8, 4) is 0 Å². The minimum absolute atomic E-state index is 0.314. The molecule has 27 heavy (non-hydrogen) atoms. The Morgan fingerprint density at radius 2 is 2.04 bits per heavy atom. The molecule has 2 amide bonds. The molecule has 0 saturated heterocycles. The Kier molecular flexibility index (Phi) is 3.98. The van der Waals surface area contributed by atoms with E-state index >= 15 is 0 Å². The fraction of sp³-hybridized carbons (Fsp3) is 0.526. The summed E-state index contributed by atoms with van der Waals surface area (Å²) >= 11 is 1.35. The summed E-state index contributed by atoms with van der Waals surface area (Å²) in [6.07, 6.45) is 2.81. The van der Waals surface area contributed by atoms with Gasteiger partial charge in [0.25, 0.3) is 11.8 Å². The van der Waals surface area contributed by atoms with Crippen molar-refractivity contribution in [2.24, 2.45) is 5.73 Å². The molecular formula is C19H24N4O3S. The highest BCUT2D eigenvalue weighted by atomic mass is 32.1. The highest BCUT2D eigenvalue weighted by Gasteiger charge is 2.43. The van der Waals surface area contributed by atoms with Crippen LogP contribution in [0.25, 0.3) is 0 Å². The quantitative estimate of drug-likeness (QED) is 0.746. The van der Waals surface area contributed by atoms with Gasteiger partial charge in [-0.1, -0.05) is 0 Å². The molecule has 0 radical (unpaired) electrons. The van der Waals surface area contributed by atoms with Crippen LogP contribution in [0.1, 0.15) is 83.4 Å². The molecule has 0 bridgehead atoms. The van der Waals surface area contributed by atoms with Crippen molar-refractivity contribution in [2.75, 3.05) is 5.32 Å². The van der Waals surface area contributed by atoms with Crippen molar-refractivity contribution >= 4 is 28.2 Å². The molecule has 3 heterocycles. The van der Waals surface area contributed by atoms with Crippen LogP contribution in [0.15, 0.2) is 6.07 Å². The van der Waals surface area contributed by atoms with Crippen LogP contribution in [-0.2, 0) is 16.8 Å². The summed E-state index contributed by atoms with van der Waals surface area (Å²) in [6, 6.07) is 1.78. The van der Waals surface area contributed by atoms with E-state index in [2.05, 4.69) is 15.5 Å². The van der Waals surface area contributed by atoms with Gasteiger partial charge in [-0.3, -0.25) is 14.7 Å². The number of hydrogen-bond acceptors (Lipinski definition) is 5. The molecule has 0 spiro atoms. The monoisotopic (exact) mass is 388 g/mol. The molecule has 1 fully saturated rings. The minimum Gasteiger partial charge on any atom is -0.365 e. The summed E-state index contributed by atoms with van der Waals surface area (Å²) in [4.78, 5) is 25.8. The molecular weight excluding hydrogens is 364 g/mol. The normalized spacial score (nSPS) is 20.1. The molecule has 2 aromatic rings. The van der Waals surface area contributed by atoms with Crippen molar-refractivity contribution < 1.29 is 14.3 Å². The number of amides is 2. The van der Waals surface area contributed by atoms with E-state index < -0.39 is 17.1 Å². The second kappa shape index (κ2) is 5.90. The topological polar surface area (TPSA) is 110 Å². The van der Waals surface area contributed by atoms with Crippen LogP contribution in [0, 0.1) is 0 Å². The Morgan fingerprint density at radius 1 is 1.33 bits per heavy atom. The van der Waals surface area contributed by atoms with Crippen LogP contribution in [0.5, 0.6) is 0 Å². The van der Waals surface area contributed by atoms with Crippen LogP contribution in [0.3, 0.4) is 0 Å².